The highest BCUT2D eigenvalue weighted by Gasteiger charge is 2.34. The summed E-state index contributed by atoms with van der Waals surface area (Å²) in [6.07, 6.45) is 4.56. The van der Waals surface area contributed by atoms with Crippen LogP contribution >= 0.6 is 11.6 Å². The third-order valence-corrected chi connectivity index (χ3v) is 4.96. The molecule has 3 rings (SSSR count). The topological polar surface area (TPSA) is 20.3 Å². The van der Waals surface area contributed by atoms with Crippen molar-refractivity contribution in [1.29, 1.82) is 0 Å². The van der Waals surface area contributed by atoms with Gasteiger partial charge in [-0.3, -0.25) is 4.79 Å². The summed E-state index contributed by atoms with van der Waals surface area (Å²) in [7, 11) is 0. The fraction of sp³-hybridized carbons (Fsp3) is 0.562. The van der Waals surface area contributed by atoms with Crippen LogP contribution in [0.25, 0.3) is 0 Å². The highest BCUT2D eigenvalue weighted by Crippen LogP contribution is 2.28. The van der Waals surface area contributed by atoms with E-state index in [1.807, 2.05) is 11.0 Å². The van der Waals surface area contributed by atoms with Gasteiger partial charge in [0.05, 0.1) is 0 Å². The van der Waals surface area contributed by atoms with Crippen molar-refractivity contribution in [3.8, 4) is 0 Å². The smallest absolute Gasteiger partial charge is 0.254 e. The summed E-state index contributed by atoms with van der Waals surface area (Å²) >= 11 is 6.03. The molecule has 1 heterocycles. The monoisotopic (exact) mass is 277 g/mol. The molecule has 1 aromatic rings. The van der Waals surface area contributed by atoms with Gasteiger partial charge in [-0.05, 0) is 54.9 Å². The molecule has 2 aliphatic rings. The Morgan fingerprint density at radius 2 is 2.16 bits per heavy atom. The van der Waals surface area contributed by atoms with Crippen molar-refractivity contribution in [2.24, 2.45) is 5.92 Å². The number of halogens is 1. The van der Waals surface area contributed by atoms with Gasteiger partial charge in [0, 0.05) is 24.0 Å². The summed E-state index contributed by atoms with van der Waals surface area (Å²) in [5.74, 6) is 1.21. The van der Waals surface area contributed by atoms with E-state index >= 15 is 0 Å². The number of benzene rings is 1. The number of aryl methyl sites for hydroxylation is 2. The van der Waals surface area contributed by atoms with Crippen molar-refractivity contribution < 1.29 is 4.79 Å². The molecule has 3 heteroatoms. The summed E-state index contributed by atoms with van der Waals surface area (Å²) in [4.78, 5) is 14.6. The van der Waals surface area contributed by atoms with Crippen LogP contribution in [0.15, 0.2) is 18.2 Å². The molecule has 1 amide bonds. The number of amides is 1. The Balaban J connectivity index is 1.84. The van der Waals surface area contributed by atoms with Gasteiger partial charge in [-0.25, -0.2) is 0 Å². The molecule has 0 saturated carbocycles. The summed E-state index contributed by atoms with van der Waals surface area (Å²) in [5, 5.41) is 0. The summed E-state index contributed by atoms with van der Waals surface area (Å²) in [6.45, 7) is 3.03. The molecule has 2 unspecified atom stereocenters. The van der Waals surface area contributed by atoms with E-state index in [0.29, 0.717) is 11.8 Å². The lowest BCUT2D eigenvalue weighted by atomic mass is 10.0. The molecule has 102 valence electrons. The number of likely N-dealkylation sites (tertiary alicyclic amines) is 1. The summed E-state index contributed by atoms with van der Waals surface area (Å²) < 4.78 is 0. The van der Waals surface area contributed by atoms with Gasteiger partial charge in [-0.2, -0.15) is 0 Å². The van der Waals surface area contributed by atoms with Crippen LogP contribution in [0.2, 0.25) is 0 Å². The van der Waals surface area contributed by atoms with Gasteiger partial charge >= 0.3 is 0 Å². The fourth-order valence-electron chi connectivity index (χ4n) is 3.37. The Bertz CT molecular complexity index is 500. The standard InChI is InChI=1S/C16H20ClNO/c1-11-7-8-18(15(11)10-17)16(19)14-6-5-12-3-2-4-13(12)9-14/h5-6,9,11,15H,2-4,7-8,10H2,1H3. The van der Waals surface area contributed by atoms with E-state index in [9.17, 15) is 4.79 Å². The maximum Gasteiger partial charge on any atom is 0.254 e. The second-order valence-corrected chi connectivity index (χ2v) is 6.13. The molecule has 1 fully saturated rings. The largest absolute Gasteiger partial charge is 0.334 e. The molecule has 1 aromatic carbocycles. The highest BCUT2D eigenvalue weighted by molar-refractivity contribution is 6.18. The first-order valence-electron chi connectivity index (χ1n) is 7.19. The first kappa shape index (κ1) is 13.0. The maximum absolute atomic E-state index is 12.6. The van der Waals surface area contributed by atoms with Crippen molar-refractivity contribution >= 4 is 17.5 Å². The van der Waals surface area contributed by atoms with Crippen LogP contribution in [-0.2, 0) is 12.8 Å². The number of hydrogen-bond donors (Lipinski definition) is 0. The van der Waals surface area contributed by atoms with E-state index in [-0.39, 0.29) is 11.9 Å². The van der Waals surface area contributed by atoms with Gasteiger partial charge in [-0.1, -0.05) is 13.0 Å². The van der Waals surface area contributed by atoms with Gasteiger partial charge in [0.15, 0.2) is 0 Å². The van der Waals surface area contributed by atoms with E-state index in [4.69, 9.17) is 11.6 Å². The SMILES string of the molecule is CC1CCN(C(=O)c2ccc3c(c2)CCC3)C1CCl. The quantitative estimate of drug-likeness (QED) is 0.760. The van der Waals surface area contributed by atoms with Gasteiger partial charge in [-0.15, -0.1) is 11.6 Å². The summed E-state index contributed by atoms with van der Waals surface area (Å²) in [5.41, 5.74) is 3.62. The lowest BCUT2D eigenvalue weighted by molar-refractivity contribution is 0.0737. The van der Waals surface area contributed by atoms with Crippen LogP contribution < -0.4 is 0 Å². The molecule has 0 aromatic heterocycles. The molecule has 0 N–H and O–H groups in total. The Morgan fingerprint density at radius 1 is 1.37 bits per heavy atom. The van der Waals surface area contributed by atoms with Crippen molar-refractivity contribution in [2.75, 3.05) is 12.4 Å². The normalized spacial score (nSPS) is 25.7. The number of alkyl halides is 1. The molecule has 1 saturated heterocycles. The molecule has 0 bridgehead atoms. The molecule has 19 heavy (non-hydrogen) atoms. The number of rotatable bonds is 2. The second-order valence-electron chi connectivity index (χ2n) is 5.82. The Labute approximate surface area is 119 Å². The van der Waals surface area contributed by atoms with Gasteiger partial charge in [0.1, 0.15) is 0 Å². The molecular formula is C16H20ClNO. The van der Waals surface area contributed by atoms with E-state index in [0.717, 1.165) is 31.4 Å². The number of hydrogen-bond acceptors (Lipinski definition) is 1. The van der Waals surface area contributed by atoms with E-state index in [2.05, 4.69) is 19.1 Å². The number of fused-ring (bicyclic) bond motifs is 1. The fourth-order valence-corrected chi connectivity index (χ4v) is 3.84. The predicted octanol–water partition coefficient (Wildman–Crippen LogP) is 3.26. The Morgan fingerprint density at radius 3 is 2.95 bits per heavy atom. The lowest BCUT2D eigenvalue weighted by Crippen LogP contribution is -2.38. The molecule has 0 spiro atoms. The molecule has 2 atom stereocenters. The lowest BCUT2D eigenvalue weighted by Gasteiger charge is -2.25. The third kappa shape index (κ3) is 2.27. The average molecular weight is 278 g/mol. The first-order chi connectivity index (χ1) is 9.20. The zero-order valence-corrected chi connectivity index (χ0v) is 12.1. The van der Waals surface area contributed by atoms with Gasteiger partial charge in [0.25, 0.3) is 5.91 Å². The summed E-state index contributed by atoms with van der Waals surface area (Å²) in [6, 6.07) is 6.41. The molecule has 2 nitrogen and oxygen atoms in total. The Kier molecular flexibility index (Phi) is 3.53. The zero-order chi connectivity index (χ0) is 13.4. The maximum atomic E-state index is 12.6. The van der Waals surface area contributed by atoms with E-state index in [1.54, 1.807) is 0 Å². The molecule has 0 radical (unpaired) electrons. The van der Waals surface area contributed by atoms with Crippen molar-refractivity contribution in [3.05, 3.63) is 34.9 Å². The second kappa shape index (κ2) is 5.16. The van der Waals surface area contributed by atoms with Crippen molar-refractivity contribution in [1.82, 2.24) is 4.90 Å². The van der Waals surface area contributed by atoms with Gasteiger partial charge in [0.2, 0.25) is 0 Å². The Hall–Kier alpha value is -1.02. The van der Waals surface area contributed by atoms with Crippen molar-refractivity contribution in [2.45, 2.75) is 38.6 Å². The minimum Gasteiger partial charge on any atom is -0.334 e. The minimum atomic E-state index is 0.157. The molecular weight excluding hydrogens is 258 g/mol. The number of nitrogens with zero attached hydrogens (tertiary/aromatic N) is 1. The van der Waals surface area contributed by atoms with Crippen LogP contribution in [0.5, 0.6) is 0 Å². The predicted molar refractivity (Wildman–Crippen MR) is 77.8 cm³/mol. The zero-order valence-electron chi connectivity index (χ0n) is 11.4. The molecule has 1 aliphatic carbocycles. The van der Waals surface area contributed by atoms with Crippen LogP contribution in [0.3, 0.4) is 0 Å². The minimum absolute atomic E-state index is 0.157. The highest BCUT2D eigenvalue weighted by atomic mass is 35.5. The van der Waals surface area contributed by atoms with Crippen LogP contribution in [0, 0.1) is 5.92 Å². The van der Waals surface area contributed by atoms with Crippen LogP contribution in [0.1, 0.15) is 41.3 Å². The van der Waals surface area contributed by atoms with Gasteiger partial charge < -0.3 is 4.90 Å². The molecule has 1 aliphatic heterocycles. The van der Waals surface area contributed by atoms with E-state index < -0.39 is 0 Å². The van der Waals surface area contributed by atoms with E-state index in [1.165, 1.54) is 17.5 Å². The van der Waals surface area contributed by atoms with Crippen molar-refractivity contribution in [3.63, 3.8) is 0 Å². The van der Waals surface area contributed by atoms with Crippen LogP contribution in [-0.4, -0.2) is 29.3 Å². The first-order valence-corrected chi connectivity index (χ1v) is 7.73. The number of carbonyl (C=O) groups is 1. The van der Waals surface area contributed by atoms with Crippen LogP contribution in [0.4, 0.5) is 0 Å². The average Bonchev–Trinajstić information content (AvgIpc) is 3.02. The number of carbonyl (C=O) groups excluding carboxylic acids is 1. The third-order valence-electron chi connectivity index (χ3n) is 4.65.